The number of nitrogens with zero attached hydrogens (tertiary/aromatic N) is 1. The number of nitrogens with one attached hydrogen (secondary N) is 1. The highest BCUT2D eigenvalue weighted by Gasteiger charge is 2.36. The number of carbonyl (C=O) groups is 1. The summed E-state index contributed by atoms with van der Waals surface area (Å²) in [5, 5.41) is 2.73. The molecule has 15 heavy (non-hydrogen) atoms. The van der Waals surface area contributed by atoms with Crippen LogP contribution in [-0.2, 0) is 4.79 Å². The smallest absolute Gasteiger partial charge is 0.248 e. The summed E-state index contributed by atoms with van der Waals surface area (Å²) in [5.74, 6) is -1.66. The van der Waals surface area contributed by atoms with Crippen LogP contribution in [0.1, 0.15) is 11.6 Å². The fraction of sp³-hybridized carbons (Fsp3) is 0.300. The number of amides is 1. The second-order valence-electron chi connectivity index (χ2n) is 3.44. The van der Waals surface area contributed by atoms with E-state index in [2.05, 4.69) is 5.32 Å². The Morgan fingerprint density at radius 1 is 1.40 bits per heavy atom. The predicted octanol–water partition coefficient (Wildman–Crippen LogP) is 1.20. The van der Waals surface area contributed by atoms with Gasteiger partial charge in [0.05, 0.1) is 5.69 Å². The van der Waals surface area contributed by atoms with Gasteiger partial charge >= 0.3 is 0 Å². The lowest BCUT2D eigenvalue weighted by atomic mass is 10.1. The molecule has 1 heterocycles. The minimum Gasteiger partial charge on any atom is -0.311 e. The Morgan fingerprint density at radius 2 is 2.07 bits per heavy atom. The first kappa shape index (κ1) is 10.0. The summed E-state index contributed by atoms with van der Waals surface area (Å²) in [6.07, 6.45) is 0. The van der Waals surface area contributed by atoms with Gasteiger partial charge in [-0.15, -0.1) is 0 Å². The summed E-state index contributed by atoms with van der Waals surface area (Å²) in [7, 11) is 3.05. The molecule has 1 N–H and O–H groups in total. The molecule has 5 heteroatoms. The maximum atomic E-state index is 13.4. The number of fused-ring (bicyclic) bond motifs is 1. The molecule has 1 aromatic carbocycles. The van der Waals surface area contributed by atoms with Crippen LogP contribution < -0.4 is 10.2 Å². The first-order valence-corrected chi connectivity index (χ1v) is 4.50. The molecular weight excluding hydrogens is 202 g/mol. The first-order valence-electron chi connectivity index (χ1n) is 4.50. The molecule has 0 aliphatic carbocycles. The van der Waals surface area contributed by atoms with Crippen molar-refractivity contribution in [3.8, 4) is 0 Å². The van der Waals surface area contributed by atoms with Gasteiger partial charge in [-0.25, -0.2) is 8.78 Å². The van der Waals surface area contributed by atoms with Crippen molar-refractivity contribution >= 4 is 11.6 Å². The van der Waals surface area contributed by atoms with Crippen molar-refractivity contribution in [3.05, 3.63) is 29.3 Å². The standard InChI is InChI=1S/C10H10F2N2O/c1-13-8-6-3-5(11)4-7(12)9(6)14(2)10(8)15/h3-4,8,13H,1-2H3. The van der Waals surface area contributed by atoms with Crippen LogP contribution in [0.25, 0.3) is 0 Å². The Kier molecular flexibility index (Phi) is 2.19. The Bertz CT molecular complexity index is 434. The quantitative estimate of drug-likeness (QED) is 0.758. The van der Waals surface area contributed by atoms with E-state index in [1.807, 2.05) is 0 Å². The van der Waals surface area contributed by atoms with Crippen LogP contribution in [0, 0.1) is 11.6 Å². The predicted molar refractivity (Wildman–Crippen MR) is 51.6 cm³/mol. The fourth-order valence-electron chi connectivity index (χ4n) is 1.88. The highest BCUT2D eigenvalue weighted by molar-refractivity contribution is 6.04. The number of likely N-dealkylation sites (N-methyl/N-ethyl adjacent to an activating group) is 2. The number of hydrogen-bond acceptors (Lipinski definition) is 2. The zero-order valence-electron chi connectivity index (χ0n) is 8.34. The fourth-order valence-corrected chi connectivity index (χ4v) is 1.88. The van der Waals surface area contributed by atoms with Crippen molar-refractivity contribution in [1.82, 2.24) is 5.32 Å². The summed E-state index contributed by atoms with van der Waals surface area (Å²) in [5.41, 5.74) is 0.503. The van der Waals surface area contributed by atoms with Crippen LogP contribution in [0.15, 0.2) is 12.1 Å². The number of halogens is 2. The van der Waals surface area contributed by atoms with Gasteiger partial charge < -0.3 is 10.2 Å². The molecule has 0 saturated carbocycles. The average molecular weight is 212 g/mol. The zero-order valence-corrected chi connectivity index (χ0v) is 8.34. The van der Waals surface area contributed by atoms with Gasteiger partial charge in [-0.2, -0.15) is 0 Å². The normalized spacial score (nSPS) is 19.6. The van der Waals surface area contributed by atoms with Gasteiger partial charge in [0.25, 0.3) is 0 Å². The van der Waals surface area contributed by atoms with Gasteiger partial charge in [-0.3, -0.25) is 4.79 Å². The third kappa shape index (κ3) is 1.31. The number of anilines is 1. The highest BCUT2D eigenvalue weighted by atomic mass is 19.1. The van der Waals surface area contributed by atoms with Gasteiger partial charge in [0.15, 0.2) is 0 Å². The van der Waals surface area contributed by atoms with Crippen LogP contribution in [0.4, 0.5) is 14.5 Å². The van der Waals surface area contributed by atoms with E-state index in [4.69, 9.17) is 0 Å². The summed E-state index contributed by atoms with van der Waals surface area (Å²) in [6, 6.07) is 1.30. The molecular formula is C10H10F2N2O. The van der Waals surface area contributed by atoms with Crippen LogP contribution in [0.5, 0.6) is 0 Å². The van der Waals surface area contributed by atoms with E-state index < -0.39 is 17.7 Å². The molecule has 1 atom stereocenters. The number of hydrogen-bond donors (Lipinski definition) is 1. The lowest BCUT2D eigenvalue weighted by molar-refractivity contribution is -0.119. The minimum absolute atomic E-state index is 0.153. The van der Waals surface area contributed by atoms with E-state index in [0.29, 0.717) is 5.56 Å². The largest absolute Gasteiger partial charge is 0.311 e. The van der Waals surface area contributed by atoms with Crippen LogP contribution >= 0.6 is 0 Å². The van der Waals surface area contributed by atoms with Gasteiger partial charge in [0.1, 0.15) is 17.7 Å². The second-order valence-corrected chi connectivity index (χ2v) is 3.44. The van der Waals surface area contributed by atoms with Crippen molar-refractivity contribution in [1.29, 1.82) is 0 Å². The molecule has 1 aromatic rings. The van der Waals surface area contributed by atoms with Crippen LogP contribution in [0.3, 0.4) is 0 Å². The van der Waals surface area contributed by atoms with Crippen molar-refractivity contribution in [2.75, 3.05) is 19.0 Å². The molecule has 80 valence electrons. The zero-order chi connectivity index (χ0) is 11.2. The molecule has 0 radical (unpaired) electrons. The monoisotopic (exact) mass is 212 g/mol. The van der Waals surface area contributed by atoms with Gasteiger partial charge in [0.2, 0.25) is 5.91 Å². The third-order valence-electron chi connectivity index (χ3n) is 2.57. The maximum Gasteiger partial charge on any atom is 0.248 e. The summed E-state index contributed by atoms with van der Waals surface area (Å²) in [4.78, 5) is 12.8. The summed E-state index contributed by atoms with van der Waals surface area (Å²) >= 11 is 0. The molecule has 1 aliphatic rings. The molecule has 1 aliphatic heterocycles. The number of benzene rings is 1. The number of rotatable bonds is 1. The minimum atomic E-state index is -0.710. The maximum absolute atomic E-state index is 13.4. The Hall–Kier alpha value is -1.49. The molecule has 0 aromatic heterocycles. The topological polar surface area (TPSA) is 32.3 Å². The van der Waals surface area contributed by atoms with Gasteiger partial charge in [0, 0.05) is 18.7 Å². The Morgan fingerprint density at radius 3 is 2.67 bits per heavy atom. The summed E-state index contributed by atoms with van der Waals surface area (Å²) in [6.45, 7) is 0. The van der Waals surface area contributed by atoms with E-state index >= 15 is 0 Å². The second kappa shape index (κ2) is 3.27. The highest BCUT2D eigenvalue weighted by Crippen LogP contribution is 2.37. The first-order chi connectivity index (χ1) is 7.06. The lowest BCUT2D eigenvalue weighted by Crippen LogP contribution is -2.30. The molecule has 0 saturated heterocycles. The van der Waals surface area contributed by atoms with Crippen LogP contribution in [0.2, 0.25) is 0 Å². The van der Waals surface area contributed by atoms with Crippen molar-refractivity contribution in [2.24, 2.45) is 0 Å². The van der Waals surface area contributed by atoms with E-state index in [-0.39, 0.29) is 11.6 Å². The molecule has 1 unspecified atom stereocenters. The molecule has 3 nitrogen and oxygen atoms in total. The van der Waals surface area contributed by atoms with Gasteiger partial charge in [-0.05, 0) is 13.1 Å². The number of carbonyl (C=O) groups excluding carboxylic acids is 1. The molecule has 0 bridgehead atoms. The lowest BCUT2D eigenvalue weighted by Gasteiger charge is -2.10. The van der Waals surface area contributed by atoms with Crippen molar-refractivity contribution < 1.29 is 13.6 Å². The Balaban J connectivity index is 2.65. The van der Waals surface area contributed by atoms with Crippen LogP contribution in [-0.4, -0.2) is 20.0 Å². The third-order valence-corrected chi connectivity index (χ3v) is 2.57. The van der Waals surface area contributed by atoms with E-state index in [1.165, 1.54) is 18.0 Å². The molecule has 1 amide bonds. The molecule has 0 spiro atoms. The van der Waals surface area contributed by atoms with E-state index in [0.717, 1.165) is 6.07 Å². The molecule has 2 rings (SSSR count). The summed E-state index contributed by atoms with van der Waals surface area (Å²) < 4.78 is 26.4. The Labute approximate surface area is 85.7 Å². The average Bonchev–Trinajstić information content (AvgIpc) is 2.39. The molecule has 0 fully saturated rings. The van der Waals surface area contributed by atoms with E-state index in [1.54, 1.807) is 7.05 Å². The van der Waals surface area contributed by atoms with Gasteiger partial charge in [-0.1, -0.05) is 0 Å². The van der Waals surface area contributed by atoms with E-state index in [9.17, 15) is 13.6 Å². The van der Waals surface area contributed by atoms with Crippen molar-refractivity contribution in [3.63, 3.8) is 0 Å². The van der Waals surface area contributed by atoms with Crippen molar-refractivity contribution in [2.45, 2.75) is 6.04 Å². The SMILES string of the molecule is CNC1C(=O)N(C)c2c(F)cc(F)cc21.